The summed E-state index contributed by atoms with van der Waals surface area (Å²) >= 11 is 0. The smallest absolute Gasteiger partial charge is 0.306 e. The van der Waals surface area contributed by atoms with Crippen molar-refractivity contribution in [3.05, 3.63) is 0 Å². The number of hydrogen-bond donors (Lipinski definition) is 3. The number of aliphatic carboxylic acids is 1. The third kappa shape index (κ3) is 9.50. The Balaban J connectivity index is 4.45. The standard InChI is InChI=1S/C17H33N3O4/c1-6-13(15(18)21)11-14(17(23)24)10-12(2)16(22)19-8-7-9-20(3,4)5/h12-14H,6-11H2,1-5H3,(H3-,18,19,21,22,23,24)/p+1. The maximum Gasteiger partial charge on any atom is 0.306 e. The van der Waals surface area contributed by atoms with Gasteiger partial charge in [-0.2, -0.15) is 0 Å². The van der Waals surface area contributed by atoms with Crippen LogP contribution in [0.15, 0.2) is 0 Å². The number of nitrogens with two attached hydrogens (primary N) is 1. The lowest BCUT2D eigenvalue weighted by molar-refractivity contribution is -0.870. The molecular weight excluding hydrogens is 310 g/mol. The molecule has 0 radical (unpaired) electrons. The number of carboxylic acids is 1. The molecule has 0 aromatic rings. The summed E-state index contributed by atoms with van der Waals surface area (Å²) in [5, 5.41) is 12.2. The molecule has 7 heteroatoms. The normalized spacial score (nSPS) is 15.4. The summed E-state index contributed by atoms with van der Waals surface area (Å²) in [6, 6.07) is 0. The molecule has 0 bridgehead atoms. The fraction of sp³-hybridized carbons (Fsp3) is 0.824. The lowest BCUT2D eigenvalue weighted by atomic mass is 9.86. The largest absolute Gasteiger partial charge is 0.481 e. The molecule has 4 N–H and O–H groups in total. The Labute approximate surface area is 145 Å². The fourth-order valence-corrected chi connectivity index (χ4v) is 2.60. The molecule has 140 valence electrons. The van der Waals surface area contributed by atoms with E-state index >= 15 is 0 Å². The fourth-order valence-electron chi connectivity index (χ4n) is 2.60. The van der Waals surface area contributed by atoms with Crippen molar-refractivity contribution in [2.24, 2.45) is 23.5 Å². The molecule has 0 aromatic carbocycles. The summed E-state index contributed by atoms with van der Waals surface area (Å²) in [5.41, 5.74) is 5.29. The maximum absolute atomic E-state index is 12.1. The zero-order valence-electron chi connectivity index (χ0n) is 15.7. The van der Waals surface area contributed by atoms with Crippen LogP contribution in [0.25, 0.3) is 0 Å². The van der Waals surface area contributed by atoms with Crippen molar-refractivity contribution < 1.29 is 24.0 Å². The monoisotopic (exact) mass is 344 g/mol. The van der Waals surface area contributed by atoms with Crippen LogP contribution in [0.4, 0.5) is 0 Å². The number of nitrogens with zero attached hydrogens (tertiary/aromatic N) is 1. The van der Waals surface area contributed by atoms with Gasteiger partial charge >= 0.3 is 5.97 Å². The second-order valence-corrected chi connectivity index (χ2v) is 7.57. The van der Waals surface area contributed by atoms with E-state index in [-0.39, 0.29) is 18.7 Å². The van der Waals surface area contributed by atoms with Gasteiger partial charge in [0.1, 0.15) is 0 Å². The van der Waals surface area contributed by atoms with Gasteiger partial charge in [-0.1, -0.05) is 13.8 Å². The highest BCUT2D eigenvalue weighted by Crippen LogP contribution is 2.23. The van der Waals surface area contributed by atoms with Gasteiger partial charge in [0.05, 0.1) is 33.6 Å². The first-order valence-electron chi connectivity index (χ1n) is 8.58. The highest BCUT2D eigenvalue weighted by atomic mass is 16.4. The lowest BCUT2D eigenvalue weighted by Crippen LogP contribution is -2.38. The van der Waals surface area contributed by atoms with Gasteiger partial charge in [0, 0.05) is 24.8 Å². The minimum Gasteiger partial charge on any atom is -0.481 e. The van der Waals surface area contributed by atoms with E-state index in [1.165, 1.54) is 0 Å². The topological polar surface area (TPSA) is 109 Å². The molecule has 2 amide bonds. The predicted octanol–water partition coefficient (Wildman–Crippen LogP) is 0.828. The summed E-state index contributed by atoms with van der Waals surface area (Å²) in [6.45, 7) is 5.05. The highest BCUT2D eigenvalue weighted by Gasteiger charge is 2.28. The number of amides is 2. The van der Waals surface area contributed by atoms with Gasteiger partial charge in [-0.05, 0) is 19.3 Å². The minimum absolute atomic E-state index is 0.144. The van der Waals surface area contributed by atoms with Gasteiger partial charge in [-0.3, -0.25) is 14.4 Å². The predicted molar refractivity (Wildman–Crippen MR) is 93.0 cm³/mol. The molecule has 3 atom stereocenters. The molecule has 3 unspecified atom stereocenters. The van der Waals surface area contributed by atoms with Gasteiger partial charge in [0.2, 0.25) is 11.8 Å². The first kappa shape index (κ1) is 22.4. The molecule has 0 spiro atoms. The van der Waals surface area contributed by atoms with Crippen molar-refractivity contribution in [1.82, 2.24) is 5.32 Å². The van der Waals surface area contributed by atoms with Gasteiger partial charge in [-0.15, -0.1) is 0 Å². The van der Waals surface area contributed by atoms with Crippen LogP contribution in [-0.4, -0.2) is 61.6 Å². The van der Waals surface area contributed by atoms with Crippen molar-refractivity contribution >= 4 is 17.8 Å². The number of nitrogens with one attached hydrogen (secondary N) is 1. The van der Waals surface area contributed by atoms with Crippen LogP contribution in [0.1, 0.15) is 39.5 Å². The maximum atomic E-state index is 12.1. The van der Waals surface area contributed by atoms with E-state index in [2.05, 4.69) is 26.5 Å². The van der Waals surface area contributed by atoms with E-state index in [1.807, 2.05) is 0 Å². The molecule has 0 heterocycles. The van der Waals surface area contributed by atoms with Crippen LogP contribution in [0, 0.1) is 17.8 Å². The Morgan fingerprint density at radius 3 is 2.12 bits per heavy atom. The van der Waals surface area contributed by atoms with Crippen molar-refractivity contribution in [3.63, 3.8) is 0 Å². The number of rotatable bonds is 12. The van der Waals surface area contributed by atoms with E-state index in [0.29, 0.717) is 13.0 Å². The average molecular weight is 344 g/mol. The number of hydrogen-bond acceptors (Lipinski definition) is 3. The van der Waals surface area contributed by atoms with Crippen molar-refractivity contribution in [3.8, 4) is 0 Å². The van der Waals surface area contributed by atoms with Gasteiger partial charge < -0.3 is 20.6 Å². The molecular formula is C17H34N3O4+. The zero-order valence-corrected chi connectivity index (χ0v) is 15.7. The van der Waals surface area contributed by atoms with Crippen molar-refractivity contribution in [1.29, 1.82) is 0 Å². The molecule has 0 aliphatic heterocycles. The highest BCUT2D eigenvalue weighted by molar-refractivity contribution is 5.80. The summed E-state index contributed by atoms with van der Waals surface area (Å²) in [6.07, 6.45) is 1.76. The van der Waals surface area contributed by atoms with Crippen LogP contribution in [0.2, 0.25) is 0 Å². The van der Waals surface area contributed by atoms with Crippen LogP contribution in [0.5, 0.6) is 0 Å². The summed E-state index contributed by atoms with van der Waals surface area (Å²) in [7, 11) is 6.26. The number of carbonyl (C=O) groups is 3. The quantitative estimate of drug-likeness (QED) is 0.360. The zero-order chi connectivity index (χ0) is 18.9. The first-order valence-corrected chi connectivity index (χ1v) is 8.58. The number of primary amides is 1. The van der Waals surface area contributed by atoms with Crippen LogP contribution < -0.4 is 11.1 Å². The minimum atomic E-state index is -0.987. The van der Waals surface area contributed by atoms with Crippen LogP contribution in [0.3, 0.4) is 0 Å². The van der Waals surface area contributed by atoms with Crippen LogP contribution >= 0.6 is 0 Å². The number of carbonyl (C=O) groups excluding carboxylic acids is 2. The van der Waals surface area contributed by atoms with E-state index in [0.717, 1.165) is 17.4 Å². The second-order valence-electron chi connectivity index (χ2n) is 7.57. The first-order chi connectivity index (χ1) is 11.0. The third-order valence-corrected chi connectivity index (χ3v) is 4.20. The summed E-state index contributed by atoms with van der Waals surface area (Å²) in [5.74, 6) is -3.24. The Bertz CT molecular complexity index is 432. The molecule has 24 heavy (non-hydrogen) atoms. The molecule has 0 saturated carbocycles. The Morgan fingerprint density at radius 2 is 1.71 bits per heavy atom. The molecule has 7 nitrogen and oxygen atoms in total. The van der Waals surface area contributed by atoms with E-state index < -0.39 is 29.6 Å². The number of quaternary nitrogens is 1. The van der Waals surface area contributed by atoms with Crippen LogP contribution in [-0.2, 0) is 14.4 Å². The van der Waals surface area contributed by atoms with Gasteiger partial charge in [0.25, 0.3) is 0 Å². The van der Waals surface area contributed by atoms with Crippen molar-refractivity contribution in [2.45, 2.75) is 39.5 Å². The second kappa shape index (κ2) is 10.3. The van der Waals surface area contributed by atoms with Gasteiger partial charge in [-0.25, -0.2) is 0 Å². The molecule has 0 aliphatic rings. The SMILES string of the molecule is CCC(CC(CC(C)C(=O)NCCC[N+](C)(C)C)C(=O)O)C(N)=O. The van der Waals surface area contributed by atoms with Gasteiger partial charge in [0.15, 0.2) is 0 Å². The third-order valence-electron chi connectivity index (χ3n) is 4.20. The Hall–Kier alpha value is -1.63. The van der Waals surface area contributed by atoms with Crippen molar-refractivity contribution in [2.75, 3.05) is 34.2 Å². The number of carboxylic acid groups (broad SMARTS) is 1. The average Bonchev–Trinajstić information content (AvgIpc) is 2.45. The molecule has 0 aromatic heterocycles. The Morgan fingerprint density at radius 1 is 1.12 bits per heavy atom. The summed E-state index contributed by atoms with van der Waals surface area (Å²) < 4.78 is 0.831. The Kier molecular flexibility index (Phi) is 9.58. The molecule has 0 fully saturated rings. The van der Waals surface area contributed by atoms with E-state index in [4.69, 9.17) is 5.73 Å². The van der Waals surface area contributed by atoms with E-state index in [9.17, 15) is 19.5 Å². The molecule has 0 rings (SSSR count). The summed E-state index contributed by atoms with van der Waals surface area (Å²) in [4.78, 5) is 34.8. The molecule has 0 saturated heterocycles. The lowest BCUT2D eigenvalue weighted by Gasteiger charge is -2.24. The molecule has 0 aliphatic carbocycles. The van der Waals surface area contributed by atoms with E-state index in [1.54, 1.807) is 13.8 Å².